The molecule has 5 heteroatoms. The molecule has 0 aliphatic heterocycles. The van der Waals surface area contributed by atoms with Crippen LogP contribution >= 0.6 is 0 Å². The molecule has 0 saturated carbocycles. The molecule has 0 radical (unpaired) electrons. The van der Waals surface area contributed by atoms with E-state index in [-0.39, 0.29) is 6.04 Å². The van der Waals surface area contributed by atoms with Gasteiger partial charge in [0.25, 0.3) is 0 Å². The maximum absolute atomic E-state index is 5.69. The Morgan fingerprint density at radius 2 is 2.05 bits per heavy atom. The van der Waals surface area contributed by atoms with Gasteiger partial charge < -0.3 is 4.74 Å². The Bertz CT molecular complexity index is 533. The van der Waals surface area contributed by atoms with E-state index in [0.717, 1.165) is 22.6 Å². The highest BCUT2D eigenvalue weighted by atomic mass is 16.5. The first-order chi connectivity index (χ1) is 9.17. The van der Waals surface area contributed by atoms with Crippen molar-refractivity contribution >= 4 is 0 Å². The predicted octanol–water partition coefficient (Wildman–Crippen LogP) is 1.68. The smallest absolute Gasteiger partial charge is 0.119 e. The first-order valence-corrected chi connectivity index (χ1v) is 6.34. The van der Waals surface area contributed by atoms with E-state index in [1.165, 1.54) is 0 Å². The molecular formula is C14H20N4O. The summed E-state index contributed by atoms with van der Waals surface area (Å²) in [4.78, 5) is 0. The third kappa shape index (κ3) is 2.77. The van der Waals surface area contributed by atoms with Gasteiger partial charge in [-0.25, -0.2) is 5.43 Å². The molecule has 5 nitrogen and oxygen atoms in total. The van der Waals surface area contributed by atoms with Crippen LogP contribution in [0, 0.1) is 6.92 Å². The van der Waals surface area contributed by atoms with Crippen molar-refractivity contribution in [2.75, 3.05) is 6.61 Å². The molecule has 0 aliphatic carbocycles. The Morgan fingerprint density at radius 1 is 1.37 bits per heavy atom. The molecule has 0 fully saturated rings. The summed E-state index contributed by atoms with van der Waals surface area (Å²) in [6.45, 7) is 4.66. The minimum atomic E-state index is -0.0654. The molecule has 0 aliphatic rings. The second-order valence-corrected chi connectivity index (χ2v) is 4.41. The molecule has 19 heavy (non-hydrogen) atoms. The van der Waals surface area contributed by atoms with Crippen LogP contribution in [0.4, 0.5) is 0 Å². The van der Waals surface area contributed by atoms with E-state index in [1.807, 2.05) is 56.0 Å². The Hall–Kier alpha value is -1.85. The van der Waals surface area contributed by atoms with Gasteiger partial charge in [0.15, 0.2) is 0 Å². The summed E-state index contributed by atoms with van der Waals surface area (Å²) in [5, 5.41) is 4.25. The molecule has 1 unspecified atom stereocenters. The highest BCUT2D eigenvalue weighted by Crippen LogP contribution is 2.25. The summed E-state index contributed by atoms with van der Waals surface area (Å²) in [5.74, 6) is 6.56. The number of aryl methyl sites for hydroxylation is 1. The molecule has 0 bridgehead atoms. The SMILES string of the molecule is CCOc1ccc(C(NN)c2cnn(C)c2C)cc1. The lowest BCUT2D eigenvalue weighted by molar-refractivity contribution is 0.340. The van der Waals surface area contributed by atoms with Gasteiger partial charge in [-0.15, -0.1) is 0 Å². The van der Waals surface area contributed by atoms with E-state index >= 15 is 0 Å². The van der Waals surface area contributed by atoms with E-state index in [4.69, 9.17) is 10.6 Å². The van der Waals surface area contributed by atoms with Crippen molar-refractivity contribution in [2.45, 2.75) is 19.9 Å². The van der Waals surface area contributed by atoms with Crippen molar-refractivity contribution in [3.05, 3.63) is 47.3 Å². The maximum Gasteiger partial charge on any atom is 0.119 e. The average Bonchev–Trinajstić information content (AvgIpc) is 2.74. The standard InChI is InChI=1S/C14H20N4O/c1-4-19-12-7-5-11(6-8-12)14(17-15)13-9-16-18(3)10(13)2/h5-9,14,17H,4,15H2,1-3H3. The number of ether oxygens (including phenoxy) is 1. The van der Waals surface area contributed by atoms with Crippen LogP contribution in [0.2, 0.25) is 0 Å². The fraction of sp³-hybridized carbons (Fsp3) is 0.357. The fourth-order valence-electron chi connectivity index (χ4n) is 2.09. The second-order valence-electron chi connectivity index (χ2n) is 4.41. The summed E-state index contributed by atoms with van der Waals surface area (Å²) in [7, 11) is 1.92. The zero-order valence-electron chi connectivity index (χ0n) is 11.6. The molecule has 102 valence electrons. The average molecular weight is 260 g/mol. The lowest BCUT2D eigenvalue weighted by atomic mass is 10.00. The van der Waals surface area contributed by atoms with Gasteiger partial charge in [0.1, 0.15) is 5.75 Å². The third-order valence-corrected chi connectivity index (χ3v) is 3.28. The zero-order chi connectivity index (χ0) is 13.8. The van der Waals surface area contributed by atoms with E-state index in [0.29, 0.717) is 6.61 Å². The minimum absolute atomic E-state index is 0.0654. The Labute approximate surface area is 113 Å². The lowest BCUT2D eigenvalue weighted by Gasteiger charge is -2.16. The summed E-state index contributed by atoms with van der Waals surface area (Å²) < 4.78 is 7.28. The van der Waals surface area contributed by atoms with Gasteiger partial charge in [-0.05, 0) is 31.5 Å². The van der Waals surface area contributed by atoms with E-state index in [2.05, 4.69) is 10.5 Å². The number of hydrogen-bond acceptors (Lipinski definition) is 4. The van der Waals surface area contributed by atoms with Gasteiger partial charge in [-0.3, -0.25) is 10.5 Å². The number of nitrogens with zero attached hydrogens (tertiary/aromatic N) is 2. The van der Waals surface area contributed by atoms with Crippen molar-refractivity contribution in [2.24, 2.45) is 12.9 Å². The van der Waals surface area contributed by atoms with Crippen molar-refractivity contribution in [1.29, 1.82) is 0 Å². The Kier molecular flexibility index (Phi) is 4.19. The monoisotopic (exact) mass is 260 g/mol. The van der Waals surface area contributed by atoms with Crippen molar-refractivity contribution < 1.29 is 4.74 Å². The molecule has 1 heterocycles. The summed E-state index contributed by atoms with van der Waals surface area (Å²) in [5.41, 5.74) is 6.10. The normalized spacial score (nSPS) is 12.4. The van der Waals surface area contributed by atoms with Crippen LogP contribution in [0.3, 0.4) is 0 Å². The molecule has 2 rings (SSSR count). The van der Waals surface area contributed by atoms with E-state index in [9.17, 15) is 0 Å². The summed E-state index contributed by atoms with van der Waals surface area (Å²) in [6.07, 6.45) is 1.84. The topological polar surface area (TPSA) is 65.1 Å². The number of nitrogens with two attached hydrogens (primary N) is 1. The highest BCUT2D eigenvalue weighted by molar-refractivity contribution is 5.36. The number of nitrogens with one attached hydrogen (secondary N) is 1. The number of hydrazine groups is 1. The predicted molar refractivity (Wildman–Crippen MR) is 74.7 cm³/mol. The first kappa shape index (κ1) is 13.6. The summed E-state index contributed by atoms with van der Waals surface area (Å²) >= 11 is 0. The van der Waals surface area contributed by atoms with Gasteiger partial charge in [0, 0.05) is 18.3 Å². The van der Waals surface area contributed by atoms with Crippen molar-refractivity contribution in [3.63, 3.8) is 0 Å². The fourth-order valence-corrected chi connectivity index (χ4v) is 2.09. The third-order valence-electron chi connectivity index (χ3n) is 3.28. The van der Waals surface area contributed by atoms with E-state index < -0.39 is 0 Å². The molecule has 3 N–H and O–H groups in total. The van der Waals surface area contributed by atoms with Crippen LogP contribution in [-0.2, 0) is 7.05 Å². The second kappa shape index (κ2) is 5.86. The molecule has 0 amide bonds. The van der Waals surface area contributed by atoms with Crippen LogP contribution in [0.1, 0.15) is 29.8 Å². The van der Waals surface area contributed by atoms with Gasteiger partial charge in [-0.2, -0.15) is 5.10 Å². The lowest BCUT2D eigenvalue weighted by Crippen LogP contribution is -2.29. The first-order valence-electron chi connectivity index (χ1n) is 6.34. The minimum Gasteiger partial charge on any atom is -0.494 e. The van der Waals surface area contributed by atoms with Crippen molar-refractivity contribution in [3.8, 4) is 5.75 Å². The van der Waals surface area contributed by atoms with Crippen molar-refractivity contribution in [1.82, 2.24) is 15.2 Å². The molecule has 1 aromatic heterocycles. The molecule has 1 aromatic carbocycles. The highest BCUT2D eigenvalue weighted by Gasteiger charge is 2.17. The van der Waals surface area contributed by atoms with Gasteiger partial charge >= 0.3 is 0 Å². The van der Waals surface area contributed by atoms with Gasteiger partial charge in [-0.1, -0.05) is 12.1 Å². The van der Waals surface area contributed by atoms with Crippen LogP contribution < -0.4 is 16.0 Å². The van der Waals surface area contributed by atoms with Gasteiger partial charge in [0.05, 0.1) is 18.8 Å². The molecular weight excluding hydrogens is 240 g/mol. The molecule has 1 atom stereocenters. The quantitative estimate of drug-likeness (QED) is 0.634. The van der Waals surface area contributed by atoms with Gasteiger partial charge in [0.2, 0.25) is 0 Å². The van der Waals surface area contributed by atoms with Crippen LogP contribution in [0.5, 0.6) is 5.75 Å². The summed E-state index contributed by atoms with van der Waals surface area (Å²) in [6, 6.07) is 7.87. The van der Waals surface area contributed by atoms with Crippen LogP contribution in [0.25, 0.3) is 0 Å². The molecule has 2 aromatic rings. The largest absolute Gasteiger partial charge is 0.494 e. The Balaban J connectivity index is 2.29. The Morgan fingerprint density at radius 3 is 2.53 bits per heavy atom. The van der Waals surface area contributed by atoms with Crippen LogP contribution in [0.15, 0.2) is 30.5 Å². The van der Waals surface area contributed by atoms with E-state index in [1.54, 1.807) is 0 Å². The van der Waals surface area contributed by atoms with Crippen LogP contribution in [-0.4, -0.2) is 16.4 Å². The number of aromatic nitrogens is 2. The number of hydrogen-bond donors (Lipinski definition) is 2. The maximum atomic E-state index is 5.69. The number of rotatable bonds is 5. The number of benzene rings is 1. The molecule has 0 spiro atoms. The molecule has 0 saturated heterocycles. The zero-order valence-corrected chi connectivity index (χ0v) is 11.6.